The zero-order chi connectivity index (χ0) is 17.0. The van der Waals surface area contributed by atoms with Crippen LogP contribution in [-0.4, -0.2) is 47.2 Å². The van der Waals surface area contributed by atoms with Crippen molar-refractivity contribution in [3.63, 3.8) is 0 Å². The van der Waals surface area contributed by atoms with Gasteiger partial charge < -0.3 is 21.1 Å². The predicted molar refractivity (Wildman–Crippen MR) is 89.9 cm³/mol. The zero-order valence-corrected chi connectivity index (χ0v) is 14.6. The first kappa shape index (κ1) is 17.5. The number of carbonyl (C=O) groups is 3. The summed E-state index contributed by atoms with van der Waals surface area (Å²) in [5.41, 5.74) is 5.39. The number of nitrogens with zero attached hydrogens (tertiary/aromatic N) is 1. The Morgan fingerprint density at radius 3 is 2.78 bits per heavy atom. The molecule has 1 fully saturated rings. The maximum Gasteiger partial charge on any atom is 0.407 e. The number of urea groups is 1. The van der Waals surface area contributed by atoms with Crippen molar-refractivity contribution in [2.24, 2.45) is 5.73 Å². The van der Waals surface area contributed by atoms with E-state index in [2.05, 4.69) is 26.6 Å². The minimum absolute atomic E-state index is 0.255. The summed E-state index contributed by atoms with van der Waals surface area (Å²) in [5.74, 6) is -0.368. The van der Waals surface area contributed by atoms with Gasteiger partial charge in [-0.15, -0.1) is 11.3 Å². The number of nitrogens with two attached hydrogens (primary N) is 1. The maximum absolute atomic E-state index is 12.4. The predicted octanol–water partition coefficient (Wildman–Crippen LogP) is 2.26. The molecule has 0 aromatic carbocycles. The Hall–Kier alpha value is -1.81. The van der Waals surface area contributed by atoms with Gasteiger partial charge in [0.15, 0.2) is 0 Å². The number of rotatable bonds is 3. The largest absolute Gasteiger partial charge is 0.465 e. The molecule has 0 spiro atoms. The lowest BCUT2D eigenvalue weighted by Crippen LogP contribution is -2.44. The molecule has 1 aliphatic rings. The van der Waals surface area contributed by atoms with E-state index in [1.165, 1.54) is 16.2 Å². The highest BCUT2D eigenvalue weighted by molar-refractivity contribution is 9.11. The molecule has 2 heterocycles. The molecular formula is C13H17BrN4O4S. The fourth-order valence-electron chi connectivity index (χ4n) is 2.43. The minimum Gasteiger partial charge on any atom is -0.465 e. The summed E-state index contributed by atoms with van der Waals surface area (Å²) in [4.78, 5) is 35.9. The Balaban J connectivity index is 2.08. The maximum atomic E-state index is 12.4. The van der Waals surface area contributed by atoms with Crippen LogP contribution in [0.4, 0.5) is 14.6 Å². The molecule has 8 nitrogen and oxygen atoms in total. The SMILES string of the molecule is NC(=O)Nc1sc(Br)cc1C(=O)N[C@H]1CCCCN(C(=O)O)C1. The van der Waals surface area contributed by atoms with E-state index in [4.69, 9.17) is 10.8 Å². The molecule has 0 radical (unpaired) electrons. The van der Waals surface area contributed by atoms with Crippen LogP contribution >= 0.6 is 27.3 Å². The second-order valence-corrected chi connectivity index (χ2v) is 7.61. The van der Waals surface area contributed by atoms with Gasteiger partial charge in [-0.05, 0) is 41.3 Å². The van der Waals surface area contributed by atoms with Gasteiger partial charge in [0.2, 0.25) is 0 Å². The molecule has 1 aromatic heterocycles. The van der Waals surface area contributed by atoms with Crippen LogP contribution in [0.3, 0.4) is 0 Å². The van der Waals surface area contributed by atoms with Gasteiger partial charge in [-0.1, -0.05) is 0 Å². The number of nitrogens with one attached hydrogen (secondary N) is 2. The van der Waals surface area contributed by atoms with Crippen LogP contribution in [0.2, 0.25) is 0 Å². The lowest BCUT2D eigenvalue weighted by atomic mass is 10.1. The van der Waals surface area contributed by atoms with Gasteiger partial charge in [0.1, 0.15) is 5.00 Å². The molecule has 0 unspecified atom stereocenters. The van der Waals surface area contributed by atoms with Crippen LogP contribution in [0.25, 0.3) is 0 Å². The van der Waals surface area contributed by atoms with Gasteiger partial charge in [0.05, 0.1) is 9.35 Å². The van der Waals surface area contributed by atoms with E-state index >= 15 is 0 Å². The molecule has 1 aliphatic heterocycles. The number of hydrogen-bond donors (Lipinski definition) is 4. The summed E-state index contributed by atoms with van der Waals surface area (Å²) in [5, 5.41) is 14.7. The standard InChI is InChI=1S/C13H17BrN4O4S/c14-9-5-8(11(23-9)17-12(15)20)10(19)16-7-3-1-2-4-18(6-7)13(21)22/h5,7H,1-4,6H2,(H,16,19)(H,21,22)(H3,15,17,20)/t7-/m0/s1. The number of hydrogen-bond acceptors (Lipinski definition) is 4. The number of halogens is 1. The quantitative estimate of drug-likeness (QED) is 0.616. The first-order valence-electron chi connectivity index (χ1n) is 7.01. The lowest BCUT2D eigenvalue weighted by Gasteiger charge is -2.22. The van der Waals surface area contributed by atoms with Crippen LogP contribution in [0, 0.1) is 0 Å². The first-order chi connectivity index (χ1) is 10.9. The Bertz CT molecular complexity index is 621. The molecule has 0 saturated carbocycles. The van der Waals surface area contributed by atoms with Crippen molar-refractivity contribution in [1.29, 1.82) is 0 Å². The second kappa shape index (κ2) is 7.64. The number of thiophene rings is 1. The van der Waals surface area contributed by atoms with Crippen molar-refractivity contribution < 1.29 is 19.5 Å². The molecule has 4 amide bonds. The topological polar surface area (TPSA) is 125 Å². The minimum atomic E-state index is -0.986. The van der Waals surface area contributed by atoms with E-state index in [-0.39, 0.29) is 18.5 Å². The van der Waals surface area contributed by atoms with Crippen LogP contribution in [-0.2, 0) is 0 Å². The summed E-state index contributed by atoms with van der Waals surface area (Å²) in [6.07, 6.45) is 1.34. The molecular weight excluding hydrogens is 388 g/mol. The summed E-state index contributed by atoms with van der Waals surface area (Å²) >= 11 is 4.45. The van der Waals surface area contributed by atoms with Crippen molar-refractivity contribution in [1.82, 2.24) is 10.2 Å². The lowest BCUT2D eigenvalue weighted by molar-refractivity contribution is 0.0921. The highest BCUT2D eigenvalue weighted by Gasteiger charge is 2.25. The van der Waals surface area contributed by atoms with E-state index in [0.29, 0.717) is 27.3 Å². The number of primary amides is 1. The monoisotopic (exact) mass is 404 g/mol. The zero-order valence-electron chi connectivity index (χ0n) is 12.2. The second-order valence-electron chi connectivity index (χ2n) is 5.18. The molecule has 5 N–H and O–H groups in total. The van der Waals surface area contributed by atoms with Gasteiger partial charge in [-0.3, -0.25) is 10.1 Å². The van der Waals surface area contributed by atoms with Crippen LogP contribution < -0.4 is 16.4 Å². The van der Waals surface area contributed by atoms with Gasteiger partial charge in [0, 0.05) is 19.1 Å². The van der Waals surface area contributed by atoms with Gasteiger partial charge >= 0.3 is 12.1 Å². The Kier molecular flexibility index (Phi) is 5.83. The van der Waals surface area contributed by atoms with E-state index in [0.717, 1.165) is 12.8 Å². The number of likely N-dealkylation sites (tertiary alicyclic amines) is 1. The molecule has 126 valence electrons. The van der Waals surface area contributed by atoms with Crippen LogP contribution in [0.15, 0.2) is 9.85 Å². The third kappa shape index (κ3) is 4.83. The number of carbonyl (C=O) groups excluding carboxylic acids is 2. The van der Waals surface area contributed by atoms with Crippen LogP contribution in [0.1, 0.15) is 29.6 Å². The smallest absolute Gasteiger partial charge is 0.407 e. The first-order valence-corrected chi connectivity index (χ1v) is 8.62. The van der Waals surface area contributed by atoms with Gasteiger partial charge in [-0.2, -0.15) is 0 Å². The third-order valence-electron chi connectivity index (χ3n) is 3.46. The average molecular weight is 405 g/mol. The van der Waals surface area contributed by atoms with Crippen LogP contribution in [0.5, 0.6) is 0 Å². The Labute approximate surface area is 145 Å². The van der Waals surface area contributed by atoms with Crippen molar-refractivity contribution in [2.75, 3.05) is 18.4 Å². The molecule has 23 heavy (non-hydrogen) atoms. The van der Waals surface area contributed by atoms with Gasteiger partial charge in [-0.25, -0.2) is 9.59 Å². The summed E-state index contributed by atoms with van der Waals surface area (Å²) in [7, 11) is 0. The fourth-order valence-corrected chi connectivity index (χ4v) is 3.93. The van der Waals surface area contributed by atoms with E-state index in [9.17, 15) is 14.4 Å². The normalized spacial score (nSPS) is 18.1. The van der Waals surface area contributed by atoms with Gasteiger partial charge in [0.25, 0.3) is 5.91 Å². The molecule has 1 saturated heterocycles. The molecule has 0 bridgehead atoms. The molecule has 1 aromatic rings. The van der Waals surface area contributed by atoms with Crippen molar-refractivity contribution in [3.8, 4) is 0 Å². The average Bonchev–Trinajstić information content (AvgIpc) is 2.68. The molecule has 2 rings (SSSR count). The Morgan fingerprint density at radius 2 is 2.13 bits per heavy atom. The number of anilines is 1. The highest BCUT2D eigenvalue weighted by Crippen LogP contribution is 2.32. The Morgan fingerprint density at radius 1 is 1.39 bits per heavy atom. The molecule has 1 atom stereocenters. The number of carboxylic acid groups (broad SMARTS) is 1. The molecule has 0 aliphatic carbocycles. The third-order valence-corrected chi connectivity index (χ3v) is 5.01. The summed E-state index contributed by atoms with van der Waals surface area (Å²) in [6, 6.07) is 0.581. The van der Waals surface area contributed by atoms with E-state index in [1.54, 1.807) is 6.07 Å². The number of amides is 4. The van der Waals surface area contributed by atoms with E-state index < -0.39 is 12.1 Å². The highest BCUT2D eigenvalue weighted by atomic mass is 79.9. The van der Waals surface area contributed by atoms with Crippen molar-refractivity contribution in [2.45, 2.75) is 25.3 Å². The van der Waals surface area contributed by atoms with E-state index in [1.807, 2.05) is 0 Å². The molecule has 10 heteroatoms. The summed E-state index contributed by atoms with van der Waals surface area (Å²) in [6.45, 7) is 0.727. The van der Waals surface area contributed by atoms with Crippen molar-refractivity contribution >= 4 is 50.3 Å². The summed E-state index contributed by atoms with van der Waals surface area (Å²) < 4.78 is 0.680. The van der Waals surface area contributed by atoms with Crippen molar-refractivity contribution in [3.05, 3.63) is 15.4 Å². The fraction of sp³-hybridized carbons (Fsp3) is 0.462.